The Labute approximate surface area is 99.8 Å². The molecule has 0 bridgehead atoms. The van der Waals surface area contributed by atoms with Crippen LogP contribution in [0.5, 0.6) is 5.75 Å². The van der Waals surface area contributed by atoms with Gasteiger partial charge in [-0.05, 0) is 18.8 Å². The summed E-state index contributed by atoms with van der Waals surface area (Å²) in [6.07, 6.45) is 2.04. The van der Waals surface area contributed by atoms with Gasteiger partial charge in [0.15, 0.2) is 11.6 Å². The highest BCUT2D eigenvalue weighted by atomic mass is 19.1. The minimum atomic E-state index is -0.634. The van der Waals surface area contributed by atoms with E-state index in [1.165, 1.54) is 13.4 Å². The lowest BCUT2D eigenvalue weighted by molar-refractivity contribution is 0.135. The first kappa shape index (κ1) is 11.9. The number of halogens is 1. The van der Waals surface area contributed by atoms with E-state index in [-0.39, 0.29) is 0 Å². The predicted octanol–water partition coefficient (Wildman–Crippen LogP) is 1.25. The van der Waals surface area contributed by atoms with Gasteiger partial charge >= 0.3 is 0 Å². The summed E-state index contributed by atoms with van der Waals surface area (Å²) < 4.78 is 17.9. The molecule has 2 rings (SSSR count). The largest absolute Gasteiger partial charge is 0.490 e. The lowest BCUT2D eigenvalue weighted by atomic mass is 9.83. The van der Waals surface area contributed by atoms with Crippen LogP contribution in [0.15, 0.2) is 6.33 Å². The molecule has 0 aromatic carbocycles. The number of hydrogen-bond acceptors (Lipinski definition) is 5. The molecule has 94 valence electrons. The minimum Gasteiger partial charge on any atom is -0.490 e. The SMILES string of the molecule is COc1c(N)ncnc1N(C)CC1CC(F)C1. The molecule has 1 aliphatic rings. The molecule has 0 radical (unpaired) electrons. The molecule has 1 heterocycles. The van der Waals surface area contributed by atoms with Gasteiger partial charge in [-0.15, -0.1) is 0 Å². The Kier molecular flexibility index (Phi) is 3.31. The average molecular weight is 240 g/mol. The van der Waals surface area contributed by atoms with Crippen molar-refractivity contribution in [2.24, 2.45) is 5.92 Å². The van der Waals surface area contributed by atoms with E-state index in [1.54, 1.807) is 0 Å². The van der Waals surface area contributed by atoms with Crippen molar-refractivity contribution in [1.82, 2.24) is 9.97 Å². The molecule has 17 heavy (non-hydrogen) atoms. The van der Waals surface area contributed by atoms with Crippen LogP contribution in [0.2, 0.25) is 0 Å². The fraction of sp³-hybridized carbons (Fsp3) is 0.636. The number of rotatable bonds is 4. The first-order valence-corrected chi connectivity index (χ1v) is 5.61. The summed E-state index contributed by atoms with van der Waals surface area (Å²) in [5.74, 6) is 1.84. The molecular weight excluding hydrogens is 223 g/mol. The van der Waals surface area contributed by atoms with Crippen LogP contribution in [0.1, 0.15) is 12.8 Å². The quantitative estimate of drug-likeness (QED) is 0.858. The van der Waals surface area contributed by atoms with E-state index in [4.69, 9.17) is 10.5 Å². The predicted molar refractivity (Wildman–Crippen MR) is 63.9 cm³/mol. The third-order valence-electron chi connectivity index (χ3n) is 3.09. The molecular formula is C11H17FN4O. The van der Waals surface area contributed by atoms with Gasteiger partial charge in [0, 0.05) is 13.6 Å². The zero-order chi connectivity index (χ0) is 12.4. The summed E-state index contributed by atoms with van der Waals surface area (Å²) in [6.45, 7) is 0.757. The smallest absolute Gasteiger partial charge is 0.204 e. The maximum atomic E-state index is 12.7. The topological polar surface area (TPSA) is 64.3 Å². The second-order valence-corrected chi connectivity index (χ2v) is 4.43. The zero-order valence-electron chi connectivity index (χ0n) is 10.1. The molecule has 6 heteroatoms. The van der Waals surface area contributed by atoms with Crippen molar-refractivity contribution in [2.45, 2.75) is 19.0 Å². The van der Waals surface area contributed by atoms with Gasteiger partial charge in [0.25, 0.3) is 0 Å². The number of hydrogen-bond donors (Lipinski definition) is 1. The number of nitrogens with two attached hydrogens (primary N) is 1. The Balaban J connectivity index is 2.08. The van der Waals surface area contributed by atoms with Crippen molar-refractivity contribution in [2.75, 3.05) is 31.3 Å². The minimum absolute atomic E-state index is 0.321. The van der Waals surface area contributed by atoms with Gasteiger partial charge in [-0.25, -0.2) is 14.4 Å². The Bertz CT molecular complexity index is 395. The van der Waals surface area contributed by atoms with Gasteiger partial charge in [0.2, 0.25) is 5.75 Å². The summed E-state index contributed by atoms with van der Waals surface area (Å²) in [5.41, 5.74) is 5.71. The number of aromatic nitrogens is 2. The summed E-state index contributed by atoms with van der Waals surface area (Å²) in [6, 6.07) is 0. The summed E-state index contributed by atoms with van der Waals surface area (Å²) >= 11 is 0. The van der Waals surface area contributed by atoms with Crippen LogP contribution in [-0.2, 0) is 0 Å². The maximum Gasteiger partial charge on any atom is 0.204 e. The number of nitrogen functional groups attached to an aromatic ring is 1. The highest BCUT2D eigenvalue weighted by Gasteiger charge is 2.30. The first-order valence-electron chi connectivity index (χ1n) is 5.61. The number of alkyl halides is 1. The van der Waals surface area contributed by atoms with Gasteiger partial charge in [-0.1, -0.05) is 0 Å². The normalized spacial score (nSPS) is 23.0. The molecule has 0 saturated heterocycles. The summed E-state index contributed by atoms with van der Waals surface area (Å²) in [5, 5.41) is 0. The van der Waals surface area contributed by atoms with Crippen molar-refractivity contribution < 1.29 is 9.13 Å². The monoisotopic (exact) mass is 240 g/mol. The van der Waals surface area contributed by atoms with E-state index >= 15 is 0 Å². The molecule has 0 unspecified atom stereocenters. The van der Waals surface area contributed by atoms with Crippen LogP contribution in [0, 0.1) is 5.92 Å². The molecule has 1 aromatic heterocycles. The summed E-state index contributed by atoms with van der Waals surface area (Å²) in [4.78, 5) is 9.97. The Morgan fingerprint density at radius 3 is 2.82 bits per heavy atom. The van der Waals surface area contributed by atoms with Crippen molar-refractivity contribution in [1.29, 1.82) is 0 Å². The molecule has 0 atom stereocenters. The number of ether oxygens (including phenoxy) is 1. The third-order valence-corrected chi connectivity index (χ3v) is 3.09. The van der Waals surface area contributed by atoms with Crippen molar-refractivity contribution >= 4 is 11.6 Å². The first-order chi connectivity index (χ1) is 8.11. The van der Waals surface area contributed by atoms with Gasteiger partial charge in [0.05, 0.1) is 7.11 Å². The number of nitrogens with zero attached hydrogens (tertiary/aromatic N) is 3. The lowest BCUT2D eigenvalue weighted by Crippen LogP contribution is -2.35. The molecule has 0 amide bonds. The Hall–Kier alpha value is -1.59. The van der Waals surface area contributed by atoms with Gasteiger partial charge in [-0.2, -0.15) is 0 Å². The molecule has 1 aromatic rings. The fourth-order valence-electron chi connectivity index (χ4n) is 2.12. The fourth-order valence-corrected chi connectivity index (χ4v) is 2.12. The van der Waals surface area contributed by atoms with E-state index in [2.05, 4.69) is 9.97 Å². The maximum absolute atomic E-state index is 12.7. The van der Waals surface area contributed by atoms with Gasteiger partial charge in [0.1, 0.15) is 12.5 Å². The van der Waals surface area contributed by atoms with E-state index in [0.29, 0.717) is 36.1 Å². The van der Waals surface area contributed by atoms with Crippen LogP contribution in [0.25, 0.3) is 0 Å². The van der Waals surface area contributed by atoms with E-state index in [1.807, 2.05) is 11.9 Å². The summed E-state index contributed by atoms with van der Waals surface area (Å²) in [7, 11) is 3.43. The van der Waals surface area contributed by atoms with E-state index in [9.17, 15) is 4.39 Å². The second kappa shape index (κ2) is 4.73. The highest BCUT2D eigenvalue weighted by Crippen LogP contribution is 2.34. The highest BCUT2D eigenvalue weighted by molar-refractivity contribution is 5.62. The van der Waals surface area contributed by atoms with Crippen molar-refractivity contribution in [3.05, 3.63) is 6.33 Å². The third kappa shape index (κ3) is 2.40. The molecule has 1 fully saturated rings. The van der Waals surface area contributed by atoms with Gasteiger partial charge in [-0.3, -0.25) is 0 Å². The number of methoxy groups -OCH3 is 1. The molecule has 0 spiro atoms. The van der Waals surface area contributed by atoms with Crippen LogP contribution < -0.4 is 15.4 Å². The van der Waals surface area contributed by atoms with Crippen LogP contribution in [0.3, 0.4) is 0 Å². The van der Waals surface area contributed by atoms with E-state index < -0.39 is 6.17 Å². The van der Waals surface area contributed by atoms with Crippen LogP contribution in [-0.4, -0.2) is 36.8 Å². The molecule has 2 N–H and O–H groups in total. The standard InChI is InChI=1S/C11H17FN4O/c1-16(5-7-3-8(12)4-7)11-9(17-2)10(13)14-6-15-11/h6-8H,3-5H2,1-2H3,(H2,13,14,15). The Morgan fingerprint density at radius 1 is 1.53 bits per heavy atom. The number of anilines is 2. The van der Waals surface area contributed by atoms with E-state index in [0.717, 1.165) is 6.54 Å². The Morgan fingerprint density at radius 2 is 2.24 bits per heavy atom. The lowest BCUT2D eigenvalue weighted by Gasteiger charge is -2.33. The second-order valence-electron chi connectivity index (χ2n) is 4.43. The van der Waals surface area contributed by atoms with Crippen LogP contribution in [0.4, 0.5) is 16.0 Å². The molecule has 5 nitrogen and oxygen atoms in total. The molecule has 1 saturated carbocycles. The molecule has 1 aliphatic carbocycles. The van der Waals surface area contributed by atoms with Crippen molar-refractivity contribution in [3.8, 4) is 5.75 Å². The zero-order valence-corrected chi connectivity index (χ0v) is 10.1. The van der Waals surface area contributed by atoms with Crippen LogP contribution >= 0.6 is 0 Å². The average Bonchev–Trinajstić information content (AvgIpc) is 2.26. The van der Waals surface area contributed by atoms with Crippen molar-refractivity contribution in [3.63, 3.8) is 0 Å². The van der Waals surface area contributed by atoms with Gasteiger partial charge < -0.3 is 15.4 Å². The molecule has 0 aliphatic heterocycles.